The van der Waals surface area contributed by atoms with Crippen molar-refractivity contribution in [2.45, 2.75) is 0 Å². The minimum Gasteiger partial charge on any atom is -0.337 e. The number of aromatic nitrogens is 5. The van der Waals surface area contributed by atoms with E-state index in [-0.39, 0.29) is 0 Å². The molecule has 0 aliphatic carbocycles. The second-order valence-corrected chi connectivity index (χ2v) is 4.68. The molecule has 2 aromatic heterocycles. The van der Waals surface area contributed by atoms with E-state index in [1.54, 1.807) is 16.6 Å². The number of nitrogens with one attached hydrogen (secondary N) is 1. The zero-order chi connectivity index (χ0) is 14.9. The summed E-state index contributed by atoms with van der Waals surface area (Å²) in [6.07, 6.45) is 0. The second-order valence-electron chi connectivity index (χ2n) is 4.68. The van der Waals surface area contributed by atoms with E-state index < -0.39 is 0 Å². The van der Waals surface area contributed by atoms with Gasteiger partial charge in [-0.2, -0.15) is 9.78 Å². The number of hydrogen-bond donors (Lipinski definition) is 1. The van der Waals surface area contributed by atoms with Crippen LogP contribution < -0.4 is 5.32 Å². The van der Waals surface area contributed by atoms with Gasteiger partial charge in [-0.15, -0.1) is 5.10 Å². The van der Waals surface area contributed by atoms with Gasteiger partial charge in [0, 0.05) is 5.69 Å². The van der Waals surface area contributed by atoms with Crippen molar-refractivity contribution in [2.75, 3.05) is 5.32 Å². The minimum absolute atomic E-state index is 0.544. The van der Waals surface area contributed by atoms with E-state index >= 15 is 0 Å². The first-order valence-electron chi connectivity index (χ1n) is 6.59. The Hall–Kier alpha value is -3.53. The molecule has 104 valence electrons. The summed E-state index contributed by atoms with van der Waals surface area (Å²) in [7, 11) is 0. The van der Waals surface area contributed by atoms with E-state index in [2.05, 4.69) is 31.9 Å². The summed E-state index contributed by atoms with van der Waals surface area (Å²) in [6.45, 7) is 0. The van der Waals surface area contributed by atoms with Crippen LogP contribution in [-0.4, -0.2) is 25.0 Å². The molecule has 0 saturated carbocycles. The van der Waals surface area contributed by atoms with E-state index in [1.165, 1.54) is 0 Å². The first-order chi connectivity index (χ1) is 10.8. The van der Waals surface area contributed by atoms with Crippen molar-refractivity contribution in [3.8, 4) is 6.07 Å². The van der Waals surface area contributed by atoms with Gasteiger partial charge in [0.25, 0.3) is 0 Å². The number of nitriles is 1. The number of benzene rings is 2. The number of tetrazole rings is 1. The molecule has 0 saturated heterocycles. The minimum atomic E-state index is 0.544. The maximum Gasteiger partial charge on any atom is 0.222 e. The van der Waals surface area contributed by atoms with Gasteiger partial charge in [-0.05, 0) is 46.8 Å². The molecule has 0 unspecified atom stereocenters. The highest BCUT2D eigenvalue weighted by Gasteiger charge is 2.11. The Morgan fingerprint density at radius 3 is 2.68 bits per heavy atom. The monoisotopic (exact) mass is 287 g/mol. The Morgan fingerprint density at radius 2 is 1.86 bits per heavy atom. The molecule has 7 heteroatoms. The van der Waals surface area contributed by atoms with Crippen LogP contribution >= 0.6 is 0 Å². The number of nitrogens with zero attached hydrogens (tertiary/aromatic N) is 6. The lowest BCUT2D eigenvalue weighted by Crippen LogP contribution is -2.01. The summed E-state index contributed by atoms with van der Waals surface area (Å²) in [5, 5.41) is 23.8. The molecule has 0 aliphatic heterocycles. The van der Waals surface area contributed by atoms with E-state index in [1.807, 2.05) is 36.4 Å². The van der Waals surface area contributed by atoms with Crippen molar-refractivity contribution in [3.63, 3.8) is 0 Å². The lowest BCUT2D eigenvalue weighted by molar-refractivity contribution is 0.841. The molecular formula is C15H9N7. The topological polar surface area (TPSA) is 91.8 Å². The summed E-state index contributed by atoms with van der Waals surface area (Å²) < 4.78 is 1.65. The first kappa shape index (κ1) is 12.2. The van der Waals surface area contributed by atoms with Gasteiger partial charge in [-0.1, -0.05) is 12.1 Å². The Labute approximate surface area is 124 Å². The maximum absolute atomic E-state index is 8.84. The van der Waals surface area contributed by atoms with Gasteiger partial charge in [-0.3, -0.25) is 0 Å². The fourth-order valence-electron chi connectivity index (χ4n) is 2.25. The smallest absolute Gasteiger partial charge is 0.222 e. The summed E-state index contributed by atoms with van der Waals surface area (Å²) >= 11 is 0. The van der Waals surface area contributed by atoms with Crippen LogP contribution in [0, 0.1) is 11.3 Å². The van der Waals surface area contributed by atoms with Crippen molar-refractivity contribution >= 4 is 28.2 Å². The van der Waals surface area contributed by atoms with Gasteiger partial charge in [0.15, 0.2) is 5.82 Å². The average molecular weight is 287 g/mol. The largest absolute Gasteiger partial charge is 0.337 e. The van der Waals surface area contributed by atoms with Gasteiger partial charge in [0.1, 0.15) is 0 Å². The van der Waals surface area contributed by atoms with Crippen molar-refractivity contribution in [2.24, 2.45) is 0 Å². The Balaban J connectivity index is 1.85. The quantitative estimate of drug-likeness (QED) is 0.608. The molecule has 0 bridgehead atoms. The SMILES string of the molecule is N#Cc1ccc(Nc2nc3ccccc3n3nnnc23)cc1. The average Bonchev–Trinajstić information content (AvgIpc) is 3.06. The third-order valence-corrected chi connectivity index (χ3v) is 3.30. The predicted molar refractivity (Wildman–Crippen MR) is 80.5 cm³/mol. The van der Waals surface area contributed by atoms with Crippen LogP contribution in [0.2, 0.25) is 0 Å². The molecule has 22 heavy (non-hydrogen) atoms. The van der Waals surface area contributed by atoms with E-state index in [0.717, 1.165) is 16.7 Å². The third-order valence-electron chi connectivity index (χ3n) is 3.30. The van der Waals surface area contributed by atoms with Crippen molar-refractivity contribution in [1.82, 2.24) is 25.0 Å². The lowest BCUT2D eigenvalue weighted by Gasteiger charge is -2.08. The van der Waals surface area contributed by atoms with Gasteiger partial charge < -0.3 is 5.32 Å². The molecule has 4 aromatic rings. The lowest BCUT2D eigenvalue weighted by atomic mass is 10.2. The Bertz CT molecular complexity index is 1010. The highest BCUT2D eigenvalue weighted by molar-refractivity contribution is 5.83. The van der Waals surface area contributed by atoms with E-state index in [0.29, 0.717) is 17.0 Å². The molecular weight excluding hydrogens is 278 g/mol. The molecule has 4 rings (SSSR count). The number of anilines is 2. The zero-order valence-corrected chi connectivity index (χ0v) is 11.3. The maximum atomic E-state index is 8.84. The Kier molecular flexibility index (Phi) is 2.66. The summed E-state index contributed by atoms with van der Waals surface area (Å²) in [5.41, 5.74) is 3.59. The predicted octanol–water partition coefficient (Wildman–Crippen LogP) is 2.29. The van der Waals surface area contributed by atoms with Gasteiger partial charge in [0.05, 0.1) is 22.7 Å². The highest BCUT2D eigenvalue weighted by atomic mass is 15.5. The van der Waals surface area contributed by atoms with Gasteiger partial charge in [0.2, 0.25) is 5.65 Å². The molecule has 0 fully saturated rings. The van der Waals surface area contributed by atoms with Crippen LogP contribution in [0.15, 0.2) is 48.5 Å². The second kappa shape index (κ2) is 4.79. The Morgan fingerprint density at radius 1 is 1.05 bits per heavy atom. The number of hydrogen-bond acceptors (Lipinski definition) is 6. The highest BCUT2D eigenvalue weighted by Crippen LogP contribution is 2.22. The number of para-hydroxylation sites is 2. The summed E-state index contributed by atoms with van der Waals surface area (Å²) in [4.78, 5) is 4.57. The normalized spacial score (nSPS) is 10.7. The molecule has 2 heterocycles. The standard InChI is InChI=1S/C15H9N7/c16-9-10-5-7-11(8-6-10)17-14-15-19-20-21-22(15)13-4-2-1-3-12(13)18-14/h1-8H,(H,17,18). The van der Waals surface area contributed by atoms with Crippen molar-refractivity contribution < 1.29 is 0 Å². The van der Waals surface area contributed by atoms with Crippen LogP contribution in [0.1, 0.15) is 5.56 Å². The number of rotatable bonds is 2. The molecule has 0 aliphatic rings. The third kappa shape index (κ3) is 1.91. The van der Waals surface area contributed by atoms with Crippen molar-refractivity contribution in [1.29, 1.82) is 5.26 Å². The molecule has 7 nitrogen and oxygen atoms in total. The molecule has 0 spiro atoms. The van der Waals surface area contributed by atoms with Crippen LogP contribution in [0.25, 0.3) is 16.7 Å². The molecule has 1 N–H and O–H groups in total. The fraction of sp³-hybridized carbons (Fsp3) is 0. The summed E-state index contributed by atoms with van der Waals surface area (Å²) in [6, 6.07) is 16.8. The molecule has 0 atom stereocenters. The van der Waals surface area contributed by atoms with E-state index in [9.17, 15) is 0 Å². The molecule has 2 aromatic carbocycles. The van der Waals surface area contributed by atoms with Crippen LogP contribution in [-0.2, 0) is 0 Å². The molecule has 0 amide bonds. The van der Waals surface area contributed by atoms with Crippen LogP contribution in [0.5, 0.6) is 0 Å². The van der Waals surface area contributed by atoms with Crippen LogP contribution in [0.4, 0.5) is 11.5 Å². The first-order valence-corrected chi connectivity index (χ1v) is 6.59. The van der Waals surface area contributed by atoms with Crippen molar-refractivity contribution in [3.05, 3.63) is 54.1 Å². The van der Waals surface area contributed by atoms with Gasteiger partial charge >= 0.3 is 0 Å². The number of fused-ring (bicyclic) bond motifs is 3. The fourth-order valence-corrected chi connectivity index (χ4v) is 2.25. The van der Waals surface area contributed by atoms with E-state index in [4.69, 9.17) is 5.26 Å². The van der Waals surface area contributed by atoms with Gasteiger partial charge in [-0.25, -0.2) is 4.98 Å². The summed E-state index contributed by atoms with van der Waals surface area (Å²) in [5.74, 6) is 0.563. The van der Waals surface area contributed by atoms with Crippen LogP contribution in [0.3, 0.4) is 0 Å². The zero-order valence-electron chi connectivity index (χ0n) is 11.3. The molecule has 0 radical (unpaired) electrons.